The lowest BCUT2D eigenvalue weighted by Crippen LogP contribution is -2.52. The number of aromatic hydroxyl groups is 1. The van der Waals surface area contributed by atoms with E-state index in [4.69, 9.17) is 14.6 Å². The number of H-pyrrole nitrogens is 1. The zero-order valence-corrected chi connectivity index (χ0v) is 21.5. The van der Waals surface area contributed by atoms with E-state index >= 15 is 0 Å². The number of likely N-dealkylation sites (tertiary alicyclic amines) is 2. The summed E-state index contributed by atoms with van der Waals surface area (Å²) < 4.78 is 5.51. The molecule has 38 heavy (non-hydrogen) atoms. The Kier molecular flexibility index (Phi) is 5.62. The molecule has 10 nitrogen and oxygen atoms in total. The van der Waals surface area contributed by atoms with Crippen LogP contribution in [0.5, 0.6) is 5.88 Å². The molecular formula is C28H29N5O5. The molecule has 10 heteroatoms. The number of amides is 2. The minimum Gasteiger partial charge on any atom is -0.494 e. The number of hydrogen-bond acceptors (Lipinski definition) is 7. The van der Waals surface area contributed by atoms with Gasteiger partial charge >= 0.3 is 6.09 Å². The second kappa shape index (κ2) is 8.90. The average Bonchev–Trinajstić information content (AvgIpc) is 3.63. The number of carbonyl (C=O) groups excluding carboxylic acids is 2. The monoisotopic (exact) mass is 515 g/mol. The number of benzene rings is 2. The maximum absolute atomic E-state index is 13.0. The number of para-hydroxylation sites is 2. The molecule has 4 heterocycles. The molecule has 3 aliphatic heterocycles. The van der Waals surface area contributed by atoms with Crippen molar-refractivity contribution in [3.05, 3.63) is 59.7 Å². The fourth-order valence-corrected chi connectivity index (χ4v) is 5.46. The Morgan fingerprint density at radius 2 is 1.79 bits per heavy atom. The number of nitrogens with one attached hydrogen (secondary N) is 1. The van der Waals surface area contributed by atoms with Crippen molar-refractivity contribution in [2.45, 2.75) is 44.9 Å². The van der Waals surface area contributed by atoms with Crippen molar-refractivity contribution in [2.75, 3.05) is 19.7 Å². The maximum Gasteiger partial charge on any atom is 0.410 e. The molecule has 2 atom stereocenters. The summed E-state index contributed by atoms with van der Waals surface area (Å²) in [5, 5.41) is 15.8. The zero-order chi connectivity index (χ0) is 26.6. The highest BCUT2D eigenvalue weighted by Gasteiger charge is 2.48. The summed E-state index contributed by atoms with van der Waals surface area (Å²) in [5.74, 6) is -0.199. The number of piperazine rings is 1. The SMILES string of the molecule is CC(C)(C)OC(=O)N1C[C@@H]2C[C@H]1CN2C(=O)CO/N=C1/C(c2c(O)[nH]c3ccccc23)=Nc2ccccc21. The molecule has 2 aromatic carbocycles. The lowest BCUT2D eigenvalue weighted by Gasteiger charge is -2.35. The van der Waals surface area contributed by atoms with Crippen LogP contribution in [0.3, 0.4) is 0 Å². The number of aromatic amines is 1. The van der Waals surface area contributed by atoms with Gasteiger partial charge in [0, 0.05) is 29.6 Å². The second-order valence-electron chi connectivity index (χ2n) is 10.8. The van der Waals surface area contributed by atoms with E-state index in [0.29, 0.717) is 35.8 Å². The summed E-state index contributed by atoms with van der Waals surface area (Å²) in [5.41, 5.74) is 3.14. The lowest BCUT2D eigenvalue weighted by atomic mass is 10.0. The summed E-state index contributed by atoms with van der Waals surface area (Å²) in [6.45, 7) is 6.17. The van der Waals surface area contributed by atoms with Gasteiger partial charge < -0.3 is 29.5 Å². The number of aromatic nitrogens is 1. The van der Waals surface area contributed by atoms with Crippen molar-refractivity contribution < 1.29 is 24.3 Å². The number of oxime groups is 1. The molecule has 2 bridgehead atoms. The maximum atomic E-state index is 13.0. The van der Waals surface area contributed by atoms with Gasteiger partial charge in [0.2, 0.25) is 0 Å². The molecule has 196 valence electrons. The number of nitrogens with zero attached hydrogens (tertiary/aromatic N) is 4. The van der Waals surface area contributed by atoms with Crippen molar-refractivity contribution in [3.8, 4) is 5.88 Å². The smallest absolute Gasteiger partial charge is 0.410 e. The molecule has 0 radical (unpaired) electrons. The van der Waals surface area contributed by atoms with Gasteiger partial charge in [-0.05, 0) is 39.3 Å². The highest BCUT2D eigenvalue weighted by molar-refractivity contribution is 6.58. The van der Waals surface area contributed by atoms with E-state index in [-0.39, 0.29) is 36.6 Å². The van der Waals surface area contributed by atoms with Gasteiger partial charge in [0.1, 0.15) is 17.0 Å². The molecule has 0 saturated carbocycles. The van der Waals surface area contributed by atoms with Crippen LogP contribution in [-0.4, -0.2) is 80.7 Å². The first-order valence-electron chi connectivity index (χ1n) is 12.7. The normalized spacial score (nSPS) is 21.2. The first-order chi connectivity index (χ1) is 18.2. The summed E-state index contributed by atoms with van der Waals surface area (Å²) >= 11 is 0. The van der Waals surface area contributed by atoms with Crippen LogP contribution in [0.25, 0.3) is 10.9 Å². The van der Waals surface area contributed by atoms with Crippen LogP contribution in [0.4, 0.5) is 10.5 Å². The lowest BCUT2D eigenvalue weighted by molar-refractivity contribution is -0.138. The Labute approximate surface area is 219 Å². The van der Waals surface area contributed by atoms with Gasteiger partial charge in [-0.3, -0.25) is 4.79 Å². The minimum atomic E-state index is -0.564. The van der Waals surface area contributed by atoms with Gasteiger partial charge in [-0.15, -0.1) is 0 Å². The number of aliphatic imine (C=N–C) groups is 1. The third-order valence-electron chi connectivity index (χ3n) is 7.07. The first-order valence-corrected chi connectivity index (χ1v) is 12.7. The largest absolute Gasteiger partial charge is 0.494 e. The average molecular weight is 516 g/mol. The third-order valence-corrected chi connectivity index (χ3v) is 7.07. The number of rotatable bonds is 4. The van der Waals surface area contributed by atoms with Crippen LogP contribution < -0.4 is 0 Å². The Hall–Kier alpha value is -4.34. The molecule has 3 aromatic rings. The van der Waals surface area contributed by atoms with Crippen LogP contribution >= 0.6 is 0 Å². The van der Waals surface area contributed by atoms with E-state index in [1.165, 1.54) is 0 Å². The fourth-order valence-electron chi connectivity index (χ4n) is 5.46. The van der Waals surface area contributed by atoms with Gasteiger partial charge in [0.15, 0.2) is 12.5 Å². The molecule has 2 N–H and O–H groups in total. The van der Waals surface area contributed by atoms with Crippen molar-refractivity contribution in [1.29, 1.82) is 0 Å². The van der Waals surface area contributed by atoms with Crippen LogP contribution in [0, 0.1) is 0 Å². The topological polar surface area (TPSA) is 120 Å². The van der Waals surface area contributed by atoms with E-state index in [0.717, 1.165) is 22.9 Å². The molecule has 0 unspecified atom stereocenters. The van der Waals surface area contributed by atoms with Gasteiger partial charge in [0.05, 0.1) is 23.3 Å². The summed E-state index contributed by atoms with van der Waals surface area (Å²) in [4.78, 5) is 42.3. The Bertz CT molecular complexity index is 1500. The highest BCUT2D eigenvalue weighted by Crippen LogP contribution is 2.36. The van der Waals surface area contributed by atoms with Gasteiger partial charge in [-0.2, -0.15) is 0 Å². The molecular weight excluding hydrogens is 486 g/mol. The Morgan fingerprint density at radius 3 is 2.55 bits per heavy atom. The number of carbonyl (C=O) groups is 2. The van der Waals surface area contributed by atoms with E-state index in [1.807, 2.05) is 69.3 Å². The van der Waals surface area contributed by atoms with Crippen molar-refractivity contribution in [3.63, 3.8) is 0 Å². The van der Waals surface area contributed by atoms with Gasteiger partial charge in [-0.25, -0.2) is 9.79 Å². The van der Waals surface area contributed by atoms with Crippen LogP contribution in [0.2, 0.25) is 0 Å². The van der Waals surface area contributed by atoms with E-state index in [2.05, 4.69) is 10.1 Å². The predicted molar refractivity (Wildman–Crippen MR) is 142 cm³/mol. The predicted octanol–water partition coefficient (Wildman–Crippen LogP) is 3.95. The standard InChI is InChI=1S/C28H29N5O5/c1-28(2,3)38-27(36)33-14-16-12-17(33)13-32(16)22(34)15-37-31-24-19-9-5-7-11-21(19)29-25(24)23-18-8-4-6-10-20(18)30-26(23)35/h4-11,16-17,30,35H,12-15H2,1-3H3/b31-24+/t16-,17-/m0/s1. The number of ether oxygens (including phenoxy) is 1. The number of hydrogen-bond donors (Lipinski definition) is 2. The molecule has 2 saturated heterocycles. The molecule has 2 amide bonds. The van der Waals surface area contributed by atoms with E-state index in [1.54, 1.807) is 9.80 Å². The Balaban J connectivity index is 1.17. The second-order valence-corrected chi connectivity index (χ2v) is 10.8. The van der Waals surface area contributed by atoms with E-state index in [9.17, 15) is 14.7 Å². The summed E-state index contributed by atoms with van der Waals surface area (Å²) in [7, 11) is 0. The zero-order valence-electron chi connectivity index (χ0n) is 21.5. The van der Waals surface area contributed by atoms with Crippen LogP contribution in [0.15, 0.2) is 58.7 Å². The molecule has 3 aliphatic rings. The quantitative estimate of drug-likeness (QED) is 0.510. The Morgan fingerprint density at radius 1 is 1.08 bits per heavy atom. The minimum absolute atomic E-state index is 0.0100. The summed E-state index contributed by atoms with van der Waals surface area (Å²) in [6, 6.07) is 14.9. The van der Waals surface area contributed by atoms with Crippen molar-refractivity contribution >= 4 is 40.0 Å². The van der Waals surface area contributed by atoms with Crippen molar-refractivity contribution in [1.82, 2.24) is 14.8 Å². The molecule has 0 spiro atoms. The summed E-state index contributed by atoms with van der Waals surface area (Å²) in [6.07, 6.45) is 0.385. The highest BCUT2D eigenvalue weighted by atomic mass is 16.6. The molecule has 0 aliphatic carbocycles. The number of fused-ring (bicyclic) bond motifs is 4. The first kappa shape index (κ1) is 24.0. The molecule has 2 fully saturated rings. The molecule has 6 rings (SSSR count). The van der Waals surface area contributed by atoms with Crippen LogP contribution in [-0.2, 0) is 14.4 Å². The third kappa shape index (κ3) is 4.15. The van der Waals surface area contributed by atoms with Gasteiger partial charge in [0.25, 0.3) is 5.91 Å². The fraction of sp³-hybridized carbons (Fsp3) is 0.357. The van der Waals surface area contributed by atoms with Gasteiger partial charge in [-0.1, -0.05) is 41.6 Å². The molecule has 1 aromatic heterocycles. The van der Waals surface area contributed by atoms with Crippen molar-refractivity contribution in [2.24, 2.45) is 10.1 Å². The van der Waals surface area contributed by atoms with Crippen LogP contribution in [0.1, 0.15) is 38.3 Å². The van der Waals surface area contributed by atoms with E-state index < -0.39 is 5.60 Å².